The van der Waals surface area contributed by atoms with Crippen molar-refractivity contribution in [1.29, 1.82) is 5.26 Å². The Morgan fingerprint density at radius 1 is 1.24 bits per heavy atom. The summed E-state index contributed by atoms with van der Waals surface area (Å²) in [4.78, 5) is 13.4. The van der Waals surface area contributed by atoms with Crippen molar-refractivity contribution in [2.24, 2.45) is 0 Å². The molecule has 0 N–H and O–H groups in total. The summed E-state index contributed by atoms with van der Waals surface area (Å²) in [6.07, 6.45) is 2.44. The molecule has 0 aliphatic carbocycles. The van der Waals surface area contributed by atoms with Crippen LogP contribution in [0.25, 0.3) is 0 Å². The van der Waals surface area contributed by atoms with Crippen LogP contribution in [0.5, 0.6) is 0 Å². The number of thioether (sulfide) groups is 1. The van der Waals surface area contributed by atoms with Gasteiger partial charge in [-0.05, 0) is 31.0 Å². The first-order valence-corrected chi connectivity index (χ1v) is 9.25. The van der Waals surface area contributed by atoms with Gasteiger partial charge in [-0.1, -0.05) is 30.3 Å². The van der Waals surface area contributed by atoms with Crippen LogP contribution >= 0.6 is 11.8 Å². The molecular weight excluding hydrogens is 334 g/mol. The van der Waals surface area contributed by atoms with E-state index in [1.807, 2.05) is 24.3 Å². The Kier molecular flexibility index (Phi) is 6.10. The van der Waals surface area contributed by atoms with E-state index in [0.29, 0.717) is 16.7 Å². The number of carbonyl (C=O) groups excluding carboxylic acids is 1. The zero-order valence-corrected chi connectivity index (χ0v) is 14.6. The van der Waals surface area contributed by atoms with Gasteiger partial charge in [0.15, 0.2) is 0 Å². The van der Waals surface area contributed by atoms with Crippen LogP contribution in [0.3, 0.4) is 0 Å². The Labute approximate surface area is 151 Å². The van der Waals surface area contributed by atoms with Crippen molar-refractivity contribution in [2.45, 2.75) is 30.4 Å². The van der Waals surface area contributed by atoms with Gasteiger partial charge in [-0.25, -0.2) is 4.79 Å². The topological polar surface area (TPSA) is 59.3 Å². The molecule has 1 aliphatic heterocycles. The Bertz CT molecular complexity index is 779. The molecule has 25 heavy (non-hydrogen) atoms. The summed E-state index contributed by atoms with van der Waals surface area (Å²) in [6, 6.07) is 16.7. The number of nitrogens with zero attached hydrogens (tertiary/aromatic N) is 1. The molecular formula is C20H19NO3S. The predicted molar refractivity (Wildman–Crippen MR) is 96.4 cm³/mol. The fourth-order valence-electron chi connectivity index (χ4n) is 2.70. The third-order valence-electron chi connectivity index (χ3n) is 4.05. The molecule has 0 unspecified atom stereocenters. The summed E-state index contributed by atoms with van der Waals surface area (Å²) in [7, 11) is 0. The zero-order chi connectivity index (χ0) is 17.5. The monoisotopic (exact) mass is 353 g/mol. The minimum atomic E-state index is -0.372. The van der Waals surface area contributed by atoms with Gasteiger partial charge in [-0.2, -0.15) is 5.26 Å². The number of benzene rings is 2. The Balaban J connectivity index is 1.64. The molecule has 0 bridgehead atoms. The number of esters is 1. The molecule has 1 aliphatic rings. The number of hydrogen-bond donors (Lipinski definition) is 0. The highest BCUT2D eigenvalue weighted by Gasteiger charge is 2.18. The fraction of sp³-hybridized carbons (Fsp3) is 0.300. The molecule has 128 valence electrons. The lowest BCUT2D eigenvalue weighted by Gasteiger charge is -2.12. The Hall–Kier alpha value is -2.29. The van der Waals surface area contributed by atoms with Crippen LogP contribution in [0.4, 0.5) is 0 Å². The largest absolute Gasteiger partial charge is 0.457 e. The molecule has 0 amide bonds. The van der Waals surface area contributed by atoms with Crippen molar-refractivity contribution in [3.05, 3.63) is 65.2 Å². The number of carbonyl (C=O) groups is 1. The van der Waals surface area contributed by atoms with Crippen LogP contribution in [0.15, 0.2) is 53.4 Å². The van der Waals surface area contributed by atoms with E-state index in [2.05, 4.69) is 6.07 Å². The maximum Gasteiger partial charge on any atom is 0.339 e. The normalized spacial score (nSPS) is 16.4. The summed E-state index contributed by atoms with van der Waals surface area (Å²) in [5, 5.41) is 9.11. The van der Waals surface area contributed by atoms with Crippen molar-refractivity contribution >= 4 is 17.7 Å². The van der Waals surface area contributed by atoms with E-state index < -0.39 is 0 Å². The van der Waals surface area contributed by atoms with Crippen molar-refractivity contribution < 1.29 is 14.3 Å². The molecule has 2 aromatic rings. The van der Waals surface area contributed by atoms with Gasteiger partial charge >= 0.3 is 5.97 Å². The first-order valence-electron chi connectivity index (χ1n) is 8.26. The van der Waals surface area contributed by atoms with E-state index in [0.717, 1.165) is 30.1 Å². The van der Waals surface area contributed by atoms with Crippen LogP contribution in [0.2, 0.25) is 0 Å². The summed E-state index contributed by atoms with van der Waals surface area (Å²) in [6.45, 7) is 0.917. The second kappa shape index (κ2) is 8.70. The van der Waals surface area contributed by atoms with Gasteiger partial charge < -0.3 is 9.47 Å². The fourth-order valence-corrected chi connectivity index (χ4v) is 3.81. The van der Waals surface area contributed by atoms with Crippen molar-refractivity contribution in [3.63, 3.8) is 0 Å². The standard InChI is InChI=1S/C20H19NO3S/c21-12-15-6-1-2-7-16(15)13-24-20(22)18-9-3-4-10-19(18)25-14-17-8-5-11-23-17/h1-4,6-7,9-10,17H,5,8,11,13-14H2/t17-/m1/s1. The zero-order valence-electron chi connectivity index (χ0n) is 13.8. The summed E-state index contributed by atoms with van der Waals surface area (Å²) in [5.74, 6) is 0.463. The number of rotatable bonds is 6. The van der Waals surface area contributed by atoms with Crippen molar-refractivity contribution in [2.75, 3.05) is 12.4 Å². The van der Waals surface area contributed by atoms with E-state index in [1.165, 1.54) is 0 Å². The van der Waals surface area contributed by atoms with E-state index in [9.17, 15) is 4.79 Å². The quantitative estimate of drug-likeness (QED) is 0.576. The van der Waals surface area contributed by atoms with Crippen LogP contribution in [-0.4, -0.2) is 24.4 Å². The molecule has 3 rings (SSSR count). The van der Waals surface area contributed by atoms with Gasteiger partial charge in [-0.15, -0.1) is 11.8 Å². The molecule has 4 nitrogen and oxygen atoms in total. The van der Waals surface area contributed by atoms with Crippen LogP contribution in [-0.2, 0) is 16.1 Å². The van der Waals surface area contributed by atoms with Crippen LogP contribution < -0.4 is 0 Å². The molecule has 1 atom stereocenters. The summed E-state index contributed by atoms with van der Waals surface area (Å²) >= 11 is 1.62. The average molecular weight is 353 g/mol. The molecule has 0 radical (unpaired) electrons. The molecule has 1 saturated heterocycles. The van der Waals surface area contributed by atoms with Crippen LogP contribution in [0, 0.1) is 11.3 Å². The van der Waals surface area contributed by atoms with Gasteiger partial charge in [0.05, 0.1) is 23.3 Å². The highest BCUT2D eigenvalue weighted by molar-refractivity contribution is 7.99. The third-order valence-corrected chi connectivity index (χ3v) is 5.26. The minimum absolute atomic E-state index is 0.0906. The SMILES string of the molecule is N#Cc1ccccc1COC(=O)c1ccccc1SC[C@H]1CCCO1. The highest BCUT2D eigenvalue weighted by Crippen LogP contribution is 2.27. The van der Waals surface area contributed by atoms with Crippen LogP contribution in [0.1, 0.15) is 34.3 Å². The average Bonchev–Trinajstić information content (AvgIpc) is 3.18. The lowest BCUT2D eigenvalue weighted by atomic mass is 10.1. The van der Waals surface area contributed by atoms with Crippen molar-refractivity contribution in [3.8, 4) is 6.07 Å². The molecule has 2 aromatic carbocycles. The van der Waals surface area contributed by atoms with Crippen molar-refractivity contribution in [1.82, 2.24) is 0 Å². The molecule has 5 heteroatoms. The minimum Gasteiger partial charge on any atom is -0.457 e. The molecule has 1 fully saturated rings. The summed E-state index contributed by atoms with van der Waals surface area (Å²) < 4.78 is 11.1. The van der Waals surface area contributed by atoms with E-state index in [-0.39, 0.29) is 18.7 Å². The maximum absolute atomic E-state index is 12.5. The second-order valence-electron chi connectivity index (χ2n) is 5.79. The molecule has 0 spiro atoms. The van der Waals surface area contributed by atoms with Gasteiger partial charge in [-0.3, -0.25) is 0 Å². The summed E-state index contributed by atoms with van der Waals surface area (Å²) in [5.41, 5.74) is 1.79. The number of hydrogen-bond acceptors (Lipinski definition) is 5. The van der Waals surface area contributed by atoms with Gasteiger partial charge in [0.25, 0.3) is 0 Å². The van der Waals surface area contributed by atoms with E-state index in [1.54, 1.807) is 36.0 Å². The van der Waals surface area contributed by atoms with E-state index in [4.69, 9.17) is 14.7 Å². The molecule has 0 saturated carbocycles. The van der Waals surface area contributed by atoms with E-state index >= 15 is 0 Å². The smallest absolute Gasteiger partial charge is 0.339 e. The first-order chi connectivity index (χ1) is 12.3. The molecule has 1 heterocycles. The Morgan fingerprint density at radius 3 is 2.84 bits per heavy atom. The second-order valence-corrected chi connectivity index (χ2v) is 6.85. The van der Waals surface area contributed by atoms with Gasteiger partial charge in [0.2, 0.25) is 0 Å². The lowest BCUT2D eigenvalue weighted by Crippen LogP contribution is -2.10. The Morgan fingerprint density at radius 2 is 2.04 bits per heavy atom. The first kappa shape index (κ1) is 17.5. The molecule has 0 aromatic heterocycles. The number of nitriles is 1. The lowest BCUT2D eigenvalue weighted by molar-refractivity contribution is 0.0468. The van der Waals surface area contributed by atoms with Gasteiger partial charge in [0.1, 0.15) is 6.61 Å². The number of ether oxygens (including phenoxy) is 2. The maximum atomic E-state index is 12.5. The predicted octanol–water partition coefficient (Wildman–Crippen LogP) is 4.19. The third kappa shape index (κ3) is 4.62. The van der Waals surface area contributed by atoms with Gasteiger partial charge in [0, 0.05) is 22.8 Å². The highest BCUT2D eigenvalue weighted by atomic mass is 32.2.